The molecule has 1 amide bonds. The number of carbonyl (C=O) groups excluding carboxylic acids is 1. The van der Waals surface area contributed by atoms with Gasteiger partial charge in [-0.1, -0.05) is 30.0 Å². The third kappa shape index (κ3) is 5.35. The van der Waals surface area contributed by atoms with Crippen molar-refractivity contribution in [2.24, 2.45) is 7.05 Å². The number of nitrogens with one attached hydrogen (secondary N) is 1. The number of ether oxygens (including phenoxy) is 1. The van der Waals surface area contributed by atoms with Gasteiger partial charge in [0.2, 0.25) is 5.91 Å². The predicted molar refractivity (Wildman–Crippen MR) is 114 cm³/mol. The molecule has 0 radical (unpaired) electrons. The number of hydrogen-bond donors (Lipinski definition) is 1. The first-order valence-corrected chi connectivity index (χ1v) is 10.1. The number of hydrogen-bond acceptors (Lipinski definition) is 7. The van der Waals surface area contributed by atoms with Gasteiger partial charge in [-0.2, -0.15) is 0 Å². The highest BCUT2D eigenvalue weighted by Crippen LogP contribution is 2.23. The Bertz CT molecular complexity index is 1080. The van der Waals surface area contributed by atoms with Crippen LogP contribution in [0.5, 0.6) is 5.75 Å². The molecule has 1 heterocycles. The Morgan fingerprint density at radius 1 is 1.23 bits per heavy atom. The van der Waals surface area contributed by atoms with E-state index in [1.54, 1.807) is 24.6 Å². The van der Waals surface area contributed by atoms with Crippen LogP contribution in [0.4, 0.5) is 11.4 Å². The molecule has 0 fully saturated rings. The Morgan fingerprint density at radius 2 is 2.03 bits per heavy atom. The van der Waals surface area contributed by atoms with E-state index in [-0.39, 0.29) is 24.0 Å². The fourth-order valence-corrected chi connectivity index (χ4v) is 3.35. The lowest BCUT2D eigenvalue weighted by atomic mass is 10.2. The lowest BCUT2D eigenvalue weighted by Crippen LogP contribution is -2.15. The number of non-ortho nitro benzene ring substituents is 1. The SMILES string of the molecule is Cc1cccc(OCc2nnc(SCC(=O)Nc3cc([N+](=O)[O-])ccc3C)n2C)c1. The first kappa shape index (κ1) is 21.3. The largest absolute Gasteiger partial charge is 0.486 e. The maximum absolute atomic E-state index is 12.3. The zero-order valence-electron chi connectivity index (χ0n) is 16.8. The number of nitro benzene ring substituents is 1. The third-order valence-electron chi connectivity index (χ3n) is 4.32. The Kier molecular flexibility index (Phi) is 6.68. The molecular weight excluding hydrogens is 406 g/mol. The van der Waals surface area contributed by atoms with Gasteiger partial charge in [-0.3, -0.25) is 14.9 Å². The van der Waals surface area contributed by atoms with Crippen molar-refractivity contribution in [2.75, 3.05) is 11.1 Å². The van der Waals surface area contributed by atoms with Gasteiger partial charge in [-0.05, 0) is 37.1 Å². The fourth-order valence-electron chi connectivity index (χ4n) is 2.62. The monoisotopic (exact) mass is 427 g/mol. The third-order valence-corrected chi connectivity index (χ3v) is 5.34. The molecule has 0 aliphatic heterocycles. The number of aromatic nitrogens is 3. The van der Waals surface area contributed by atoms with Crippen LogP contribution in [0.2, 0.25) is 0 Å². The summed E-state index contributed by atoms with van der Waals surface area (Å²) < 4.78 is 7.52. The number of amides is 1. The zero-order valence-corrected chi connectivity index (χ0v) is 17.6. The van der Waals surface area contributed by atoms with Crippen molar-refractivity contribution in [3.8, 4) is 5.75 Å². The van der Waals surface area contributed by atoms with E-state index in [0.29, 0.717) is 16.7 Å². The fraction of sp³-hybridized carbons (Fsp3) is 0.250. The number of rotatable bonds is 8. The molecule has 0 bridgehead atoms. The van der Waals surface area contributed by atoms with Crippen LogP contribution in [-0.2, 0) is 18.4 Å². The highest BCUT2D eigenvalue weighted by Gasteiger charge is 2.14. The molecule has 9 nitrogen and oxygen atoms in total. The van der Waals surface area contributed by atoms with Crippen LogP contribution < -0.4 is 10.1 Å². The molecule has 0 aliphatic carbocycles. The van der Waals surface area contributed by atoms with E-state index < -0.39 is 4.92 Å². The molecule has 2 aromatic carbocycles. The van der Waals surface area contributed by atoms with Crippen LogP contribution >= 0.6 is 11.8 Å². The summed E-state index contributed by atoms with van der Waals surface area (Å²) in [6, 6.07) is 12.1. The van der Waals surface area contributed by atoms with Gasteiger partial charge in [0.1, 0.15) is 12.4 Å². The summed E-state index contributed by atoms with van der Waals surface area (Å²) in [7, 11) is 1.81. The van der Waals surface area contributed by atoms with Crippen LogP contribution in [0.15, 0.2) is 47.6 Å². The highest BCUT2D eigenvalue weighted by molar-refractivity contribution is 7.99. The van der Waals surface area contributed by atoms with Crippen LogP contribution in [0.1, 0.15) is 17.0 Å². The van der Waals surface area contributed by atoms with Crippen LogP contribution in [0, 0.1) is 24.0 Å². The smallest absolute Gasteiger partial charge is 0.271 e. The van der Waals surface area contributed by atoms with Gasteiger partial charge >= 0.3 is 0 Å². The number of aryl methyl sites for hydroxylation is 2. The van der Waals surface area contributed by atoms with Gasteiger partial charge in [-0.15, -0.1) is 10.2 Å². The van der Waals surface area contributed by atoms with Crippen LogP contribution in [0.25, 0.3) is 0 Å². The summed E-state index contributed by atoms with van der Waals surface area (Å²) >= 11 is 1.22. The maximum Gasteiger partial charge on any atom is 0.271 e. The highest BCUT2D eigenvalue weighted by atomic mass is 32.2. The average Bonchev–Trinajstić information content (AvgIpc) is 3.06. The van der Waals surface area contributed by atoms with Crippen molar-refractivity contribution in [1.82, 2.24) is 14.8 Å². The number of nitrogens with zero attached hydrogens (tertiary/aromatic N) is 4. The van der Waals surface area contributed by atoms with Gasteiger partial charge in [0, 0.05) is 19.2 Å². The van der Waals surface area contributed by atoms with Gasteiger partial charge < -0.3 is 14.6 Å². The molecule has 0 aliphatic rings. The van der Waals surface area contributed by atoms with E-state index in [1.807, 2.05) is 31.2 Å². The number of thioether (sulfide) groups is 1. The first-order valence-electron chi connectivity index (χ1n) is 9.09. The summed E-state index contributed by atoms with van der Waals surface area (Å²) in [5, 5.41) is 22.4. The van der Waals surface area contributed by atoms with Gasteiger partial charge in [0.25, 0.3) is 5.69 Å². The summed E-state index contributed by atoms with van der Waals surface area (Å²) in [5.41, 5.74) is 2.19. The Labute approximate surface area is 177 Å². The minimum Gasteiger partial charge on any atom is -0.486 e. The Hall–Kier alpha value is -3.40. The Morgan fingerprint density at radius 3 is 2.77 bits per heavy atom. The average molecular weight is 427 g/mol. The van der Waals surface area contributed by atoms with E-state index in [0.717, 1.165) is 16.9 Å². The molecule has 3 rings (SSSR count). The minimum atomic E-state index is -0.496. The summed E-state index contributed by atoms with van der Waals surface area (Å²) in [6.45, 7) is 4.02. The number of nitro groups is 1. The van der Waals surface area contributed by atoms with Crippen molar-refractivity contribution in [3.63, 3.8) is 0 Å². The normalized spacial score (nSPS) is 10.6. The molecule has 30 heavy (non-hydrogen) atoms. The Balaban J connectivity index is 1.57. The summed E-state index contributed by atoms with van der Waals surface area (Å²) in [4.78, 5) is 22.7. The second-order valence-electron chi connectivity index (χ2n) is 6.66. The molecule has 0 unspecified atom stereocenters. The van der Waals surface area contributed by atoms with E-state index in [2.05, 4.69) is 15.5 Å². The van der Waals surface area contributed by atoms with E-state index in [9.17, 15) is 14.9 Å². The van der Waals surface area contributed by atoms with Crippen LogP contribution in [0.3, 0.4) is 0 Å². The molecule has 0 saturated heterocycles. The first-order chi connectivity index (χ1) is 14.3. The van der Waals surface area contributed by atoms with Crippen LogP contribution in [-0.4, -0.2) is 31.3 Å². The molecule has 10 heteroatoms. The second-order valence-corrected chi connectivity index (χ2v) is 7.60. The second kappa shape index (κ2) is 9.40. The quantitative estimate of drug-likeness (QED) is 0.332. The molecule has 0 atom stereocenters. The predicted octanol–water partition coefficient (Wildman–Crippen LogP) is 3.65. The van der Waals surface area contributed by atoms with E-state index in [4.69, 9.17) is 4.74 Å². The number of carbonyl (C=O) groups is 1. The number of anilines is 1. The molecule has 1 N–H and O–H groups in total. The van der Waals surface area contributed by atoms with Gasteiger partial charge in [0.05, 0.1) is 16.4 Å². The molecule has 0 spiro atoms. The topological polar surface area (TPSA) is 112 Å². The van der Waals surface area contributed by atoms with Gasteiger partial charge in [-0.25, -0.2) is 0 Å². The van der Waals surface area contributed by atoms with Crippen molar-refractivity contribution >= 4 is 29.0 Å². The van der Waals surface area contributed by atoms with Crippen molar-refractivity contribution in [1.29, 1.82) is 0 Å². The molecular formula is C20H21N5O4S. The maximum atomic E-state index is 12.3. The molecule has 1 aromatic heterocycles. The minimum absolute atomic E-state index is 0.0740. The summed E-state index contributed by atoms with van der Waals surface area (Å²) in [5.74, 6) is 1.18. The van der Waals surface area contributed by atoms with Crippen molar-refractivity contribution in [2.45, 2.75) is 25.6 Å². The molecule has 3 aromatic rings. The zero-order chi connectivity index (χ0) is 21.7. The lowest BCUT2D eigenvalue weighted by molar-refractivity contribution is -0.384. The van der Waals surface area contributed by atoms with Crippen molar-refractivity contribution < 1.29 is 14.5 Å². The lowest BCUT2D eigenvalue weighted by Gasteiger charge is -2.08. The molecule has 156 valence electrons. The number of benzene rings is 2. The van der Waals surface area contributed by atoms with E-state index >= 15 is 0 Å². The standard InChI is InChI=1S/C20H21N5O4S/c1-13-5-4-6-16(9-13)29-11-18-22-23-20(24(18)3)30-12-19(26)21-17-10-15(25(27)28)8-7-14(17)2/h4-10H,11-12H2,1-3H3,(H,21,26). The van der Waals surface area contributed by atoms with Crippen molar-refractivity contribution in [3.05, 3.63) is 69.5 Å². The van der Waals surface area contributed by atoms with Gasteiger partial charge in [0.15, 0.2) is 11.0 Å². The molecule has 0 saturated carbocycles. The van der Waals surface area contributed by atoms with E-state index in [1.165, 1.54) is 23.9 Å². The summed E-state index contributed by atoms with van der Waals surface area (Å²) in [6.07, 6.45) is 0.